The number of nitrogens with zero attached hydrogens (tertiary/aromatic N) is 2. The summed E-state index contributed by atoms with van der Waals surface area (Å²) in [6.07, 6.45) is -1.98. The van der Waals surface area contributed by atoms with Crippen LogP contribution in [-0.4, -0.2) is 56.1 Å². The molecule has 0 bridgehead atoms. The second-order valence-electron chi connectivity index (χ2n) is 6.89. The third-order valence-corrected chi connectivity index (χ3v) is 6.15. The SMILES string of the molecule is COC(=O)[C@@H]1C[C@@H](OS(=O)(=O)c2ccc([N+](=O)[O-])cc2)CN1C(=O)OCc1ccccc1. The van der Waals surface area contributed by atoms with E-state index in [4.69, 9.17) is 13.7 Å². The average molecular weight is 464 g/mol. The smallest absolute Gasteiger partial charge is 0.410 e. The average Bonchev–Trinajstić information content (AvgIpc) is 3.20. The molecular weight excluding hydrogens is 444 g/mol. The van der Waals surface area contributed by atoms with Crippen molar-refractivity contribution >= 4 is 27.9 Å². The number of rotatable bonds is 7. The lowest BCUT2D eigenvalue weighted by Crippen LogP contribution is -2.41. The summed E-state index contributed by atoms with van der Waals surface area (Å²) in [4.78, 5) is 35.6. The molecule has 0 saturated carbocycles. The number of likely N-dealkylation sites (tertiary alicyclic amines) is 1. The minimum Gasteiger partial charge on any atom is -0.467 e. The minimum atomic E-state index is -4.30. The van der Waals surface area contributed by atoms with Crippen LogP contribution in [0.3, 0.4) is 0 Å². The number of esters is 1. The van der Waals surface area contributed by atoms with Crippen molar-refractivity contribution in [2.45, 2.75) is 30.1 Å². The zero-order valence-electron chi connectivity index (χ0n) is 16.9. The molecule has 11 nitrogen and oxygen atoms in total. The van der Waals surface area contributed by atoms with Crippen LogP contribution < -0.4 is 0 Å². The topological polar surface area (TPSA) is 142 Å². The Kier molecular flexibility index (Phi) is 7.05. The van der Waals surface area contributed by atoms with Crippen molar-refractivity contribution in [3.63, 3.8) is 0 Å². The molecule has 12 heteroatoms. The van der Waals surface area contributed by atoms with Crippen LogP contribution >= 0.6 is 0 Å². The summed E-state index contributed by atoms with van der Waals surface area (Å²) < 4.78 is 40.3. The molecule has 170 valence electrons. The predicted octanol–water partition coefficient (Wildman–Crippen LogP) is 2.25. The van der Waals surface area contributed by atoms with Gasteiger partial charge in [0.1, 0.15) is 12.6 Å². The Bertz CT molecular complexity index is 1090. The summed E-state index contributed by atoms with van der Waals surface area (Å²) in [5.41, 5.74) is 0.464. The number of ether oxygens (including phenoxy) is 2. The number of benzene rings is 2. The van der Waals surface area contributed by atoms with E-state index < -0.39 is 39.2 Å². The zero-order valence-corrected chi connectivity index (χ0v) is 17.8. The molecule has 1 heterocycles. The van der Waals surface area contributed by atoms with Crippen LogP contribution in [0.5, 0.6) is 0 Å². The zero-order chi connectivity index (χ0) is 23.3. The molecule has 0 aromatic heterocycles. The number of non-ortho nitro benzene ring substituents is 1. The fourth-order valence-electron chi connectivity index (χ4n) is 3.20. The Morgan fingerprint density at radius 1 is 1.12 bits per heavy atom. The highest BCUT2D eigenvalue weighted by atomic mass is 32.2. The number of carbonyl (C=O) groups is 2. The molecule has 1 saturated heterocycles. The third-order valence-electron chi connectivity index (χ3n) is 4.77. The fourth-order valence-corrected chi connectivity index (χ4v) is 4.28. The van der Waals surface area contributed by atoms with Gasteiger partial charge in [-0.05, 0) is 17.7 Å². The second kappa shape index (κ2) is 9.75. The maximum atomic E-state index is 12.6. The number of nitro benzene ring substituents is 1. The van der Waals surface area contributed by atoms with Gasteiger partial charge in [0.2, 0.25) is 0 Å². The molecule has 2 aromatic rings. The Morgan fingerprint density at radius 2 is 1.78 bits per heavy atom. The van der Waals surface area contributed by atoms with Gasteiger partial charge in [0, 0.05) is 18.6 Å². The summed E-state index contributed by atoms with van der Waals surface area (Å²) in [5.74, 6) is -0.736. The number of methoxy groups -OCH3 is 1. The molecule has 0 radical (unpaired) electrons. The number of hydrogen-bond acceptors (Lipinski definition) is 9. The van der Waals surface area contributed by atoms with Gasteiger partial charge in [-0.15, -0.1) is 0 Å². The lowest BCUT2D eigenvalue weighted by molar-refractivity contribution is -0.384. The molecule has 1 aliphatic heterocycles. The quantitative estimate of drug-likeness (QED) is 0.261. The maximum Gasteiger partial charge on any atom is 0.410 e. The van der Waals surface area contributed by atoms with Gasteiger partial charge >= 0.3 is 12.1 Å². The molecule has 0 spiro atoms. The first kappa shape index (κ1) is 23.2. The van der Waals surface area contributed by atoms with E-state index in [-0.39, 0.29) is 30.2 Å². The first-order valence-electron chi connectivity index (χ1n) is 9.44. The monoisotopic (exact) mass is 464 g/mol. The fraction of sp³-hybridized carbons (Fsp3) is 0.300. The summed E-state index contributed by atoms with van der Waals surface area (Å²) >= 11 is 0. The van der Waals surface area contributed by atoms with E-state index in [1.165, 1.54) is 0 Å². The van der Waals surface area contributed by atoms with Crippen molar-refractivity contribution in [2.24, 2.45) is 0 Å². The molecule has 0 N–H and O–H groups in total. The van der Waals surface area contributed by atoms with Gasteiger partial charge in [0.25, 0.3) is 15.8 Å². The molecule has 0 unspecified atom stereocenters. The molecule has 3 rings (SSSR count). The van der Waals surface area contributed by atoms with Crippen molar-refractivity contribution in [1.82, 2.24) is 4.90 Å². The highest BCUT2D eigenvalue weighted by Gasteiger charge is 2.43. The first-order chi connectivity index (χ1) is 15.2. The standard InChI is InChI=1S/C20H20N2O9S/c1-29-19(23)18-11-16(12-21(18)20(24)30-13-14-5-3-2-4-6-14)31-32(27,28)17-9-7-15(8-10-17)22(25)26/h2-10,16,18H,11-13H2,1H3/t16-,18+/m1/s1. The molecule has 32 heavy (non-hydrogen) atoms. The summed E-state index contributed by atoms with van der Waals surface area (Å²) in [6.45, 7) is -0.254. The summed E-state index contributed by atoms with van der Waals surface area (Å²) in [5, 5.41) is 10.7. The van der Waals surface area contributed by atoms with Crippen LogP contribution in [0.25, 0.3) is 0 Å². The van der Waals surface area contributed by atoms with Gasteiger partial charge in [0.15, 0.2) is 0 Å². The lowest BCUT2D eigenvalue weighted by Gasteiger charge is -2.21. The van der Waals surface area contributed by atoms with Crippen LogP contribution in [0, 0.1) is 10.1 Å². The Labute approximate surface area is 183 Å². The predicted molar refractivity (Wildman–Crippen MR) is 109 cm³/mol. The lowest BCUT2D eigenvalue weighted by atomic mass is 10.2. The van der Waals surface area contributed by atoms with E-state index in [1.54, 1.807) is 24.3 Å². The van der Waals surface area contributed by atoms with Crippen LogP contribution in [0.15, 0.2) is 59.5 Å². The molecule has 0 aliphatic carbocycles. The first-order valence-corrected chi connectivity index (χ1v) is 10.8. The van der Waals surface area contributed by atoms with Crippen molar-refractivity contribution in [3.05, 3.63) is 70.3 Å². The number of nitro groups is 1. The van der Waals surface area contributed by atoms with Gasteiger partial charge in [-0.3, -0.25) is 19.2 Å². The van der Waals surface area contributed by atoms with Gasteiger partial charge in [-0.1, -0.05) is 30.3 Å². The van der Waals surface area contributed by atoms with E-state index in [0.29, 0.717) is 0 Å². The molecule has 2 aromatic carbocycles. The second-order valence-corrected chi connectivity index (χ2v) is 8.46. The van der Waals surface area contributed by atoms with E-state index in [1.807, 2.05) is 6.07 Å². The molecule has 1 amide bonds. The van der Waals surface area contributed by atoms with Crippen LogP contribution in [0.1, 0.15) is 12.0 Å². The number of amides is 1. The van der Waals surface area contributed by atoms with Gasteiger partial charge in [-0.2, -0.15) is 8.42 Å². The van der Waals surface area contributed by atoms with E-state index in [9.17, 15) is 28.1 Å². The Morgan fingerprint density at radius 3 is 2.38 bits per heavy atom. The third kappa shape index (κ3) is 5.39. The minimum absolute atomic E-state index is 0.0311. The maximum absolute atomic E-state index is 12.6. The molecule has 1 fully saturated rings. The van der Waals surface area contributed by atoms with Gasteiger partial charge < -0.3 is 9.47 Å². The van der Waals surface area contributed by atoms with E-state index >= 15 is 0 Å². The Balaban J connectivity index is 1.70. The number of carbonyl (C=O) groups excluding carboxylic acids is 2. The van der Waals surface area contributed by atoms with Gasteiger partial charge in [-0.25, -0.2) is 9.59 Å². The highest BCUT2D eigenvalue weighted by Crippen LogP contribution is 2.27. The van der Waals surface area contributed by atoms with Crippen molar-refractivity contribution in [1.29, 1.82) is 0 Å². The molecular formula is C20H20N2O9S. The summed E-state index contributed by atoms with van der Waals surface area (Å²) in [6, 6.07) is 12.0. The van der Waals surface area contributed by atoms with Crippen molar-refractivity contribution in [3.8, 4) is 0 Å². The van der Waals surface area contributed by atoms with Crippen LogP contribution in [-0.2, 0) is 35.2 Å². The van der Waals surface area contributed by atoms with Crippen molar-refractivity contribution in [2.75, 3.05) is 13.7 Å². The Hall–Kier alpha value is -3.51. The van der Waals surface area contributed by atoms with E-state index in [0.717, 1.165) is 41.8 Å². The van der Waals surface area contributed by atoms with Crippen LogP contribution in [0.4, 0.5) is 10.5 Å². The number of hydrogen-bond donors (Lipinski definition) is 0. The molecule has 2 atom stereocenters. The van der Waals surface area contributed by atoms with Crippen LogP contribution in [0.2, 0.25) is 0 Å². The van der Waals surface area contributed by atoms with E-state index in [2.05, 4.69) is 0 Å². The molecule has 1 aliphatic rings. The van der Waals surface area contributed by atoms with Crippen molar-refractivity contribution < 1.29 is 36.6 Å². The normalized spacial score (nSPS) is 18.2. The summed E-state index contributed by atoms with van der Waals surface area (Å²) in [7, 11) is -3.15. The highest BCUT2D eigenvalue weighted by molar-refractivity contribution is 7.86. The van der Waals surface area contributed by atoms with Gasteiger partial charge in [0.05, 0.1) is 29.6 Å². The largest absolute Gasteiger partial charge is 0.467 e.